The van der Waals surface area contributed by atoms with Gasteiger partial charge >= 0.3 is 29.6 Å². The van der Waals surface area contributed by atoms with E-state index in [1.54, 1.807) is 11.3 Å². The minimum absolute atomic E-state index is 0. The first-order valence-electron chi connectivity index (χ1n) is 18.2. The molecule has 6 aromatic carbocycles. The molecule has 0 spiro atoms. The molecular formula is C46H38N2NaO3S2+. The van der Waals surface area contributed by atoms with Crippen LogP contribution in [0, 0.1) is 0 Å². The Kier molecular flexibility index (Phi) is 10.5. The molecule has 1 aliphatic carbocycles. The third-order valence-corrected chi connectivity index (χ3v) is 12.7. The van der Waals surface area contributed by atoms with E-state index in [4.69, 9.17) is 0 Å². The summed E-state index contributed by atoms with van der Waals surface area (Å²) in [6.45, 7) is 0.112. The van der Waals surface area contributed by atoms with Crippen LogP contribution in [0.4, 0.5) is 11.4 Å². The van der Waals surface area contributed by atoms with Gasteiger partial charge in [-0.25, -0.2) is 8.42 Å². The number of hydrogen-bond acceptors (Lipinski definition) is 5. The molecule has 2 aliphatic rings. The van der Waals surface area contributed by atoms with E-state index in [-0.39, 0.29) is 36.1 Å². The molecule has 0 radical (unpaired) electrons. The standard InChI is InChI=1S/C46H38N2O3S2.Na/c49-53(50,51)29-28-47-44-26-22-36-14-7-8-15-38(36)46(44)52-45(47)27-21-33-20-25-43-41(31-33)39-16-9-17-42(39)48(43)37-23-18-32(19-24-37)30-40(34-10-3-1-4-11-34)35-12-5-2-6-13-35;/h1-8,10-15,18-27,30-31,39,42H,9,16-17,28-29H2;/q;+1. The molecule has 1 saturated carbocycles. The Balaban J connectivity index is 0.00000413. The van der Waals surface area contributed by atoms with Gasteiger partial charge in [0.05, 0.1) is 5.75 Å². The second-order valence-electron chi connectivity index (χ2n) is 14.0. The predicted octanol–water partition coefficient (Wildman–Crippen LogP) is 7.44. The predicted molar refractivity (Wildman–Crippen MR) is 218 cm³/mol. The van der Waals surface area contributed by atoms with Crippen molar-refractivity contribution in [2.45, 2.75) is 37.8 Å². The van der Waals surface area contributed by atoms with Gasteiger partial charge in [0, 0.05) is 40.9 Å². The van der Waals surface area contributed by atoms with Crippen LogP contribution in [0.25, 0.3) is 44.8 Å². The molecule has 2 atom stereocenters. The molecule has 8 heteroatoms. The van der Waals surface area contributed by atoms with Gasteiger partial charge in [-0.15, -0.1) is 0 Å². The van der Waals surface area contributed by atoms with Crippen molar-refractivity contribution in [3.8, 4) is 0 Å². The first kappa shape index (κ1) is 36.6. The maximum absolute atomic E-state index is 11.7. The van der Waals surface area contributed by atoms with Crippen molar-refractivity contribution in [1.82, 2.24) is 0 Å². The summed E-state index contributed by atoms with van der Waals surface area (Å²) >= 11 is 1.63. The second-order valence-corrected chi connectivity index (χ2v) is 16.6. The summed E-state index contributed by atoms with van der Waals surface area (Å²) in [5.41, 5.74) is 10.7. The van der Waals surface area contributed by atoms with Crippen molar-refractivity contribution in [2.24, 2.45) is 0 Å². The Morgan fingerprint density at radius 2 is 1.46 bits per heavy atom. The fraction of sp³-hybridized carbons (Fsp3) is 0.152. The molecule has 2 unspecified atom stereocenters. The van der Waals surface area contributed by atoms with Crippen LogP contribution in [0.1, 0.15) is 58.0 Å². The summed E-state index contributed by atoms with van der Waals surface area (Å²) in [5, 5.41) is 3.16. The van der Waals surface area contributed by atoms with Crippen molar-refractivity contribution in [3.63, 3.8) is 0 Å². The van der Waals surface area contributed by atoms with Crippen molar-refractivity contribution in [3.05, 3.63) is 172 Å². The Morgan fingerprint density at radius 3 is 2.19 bits per heavy atom. The molecule has 0 N–H and O–H groups in total. The molecule has 54 heavy (non-hydrogen) atoms. The number of thiazole rings is 1. The van der Waals surface area contributed by atoms with E-state index < -0.39 is 15.9 Å². The Labute approximate surface area is 343 Å². The summed E-state index contributed by atoms with van der Waals surface area (Å²) in [5.74, 6) is 0.0245. The molecule has 2 heterocycles. The fourth-order valence-electron chi connectivity index (χ4n) is 8.34. The van der Waals surface area contributed by atoms with Gasteiger partial charge in [-0.1, -0.05) is 121 Å². The molecule has 0 bridgehead atoms. The zero-order chi connectivity index (χ0) is 35.9. The van der Waals surface area contributed by atoms with Crippen LogP contribution in [0.2, 0.25) is 0 Å². The number of aryl methyl sites for hydroxylation is 1. The van der Waals surface area contributed by atoms with E-state index in [1.165, 1.54) is 52.0 Å². The van der Waals surface area contributed by atoms with Gasteiger partial charge in [0.2, 0.25) is 5.52 Å². The average molecular weight is 754 g/mol. The van der Waals surface area contributed by atoms with E-state index in [0.29, 0.717) is 12.0 Å². The molecule has 9 rings (SSSR count). The molecule has 0 saturated heterocycles. The molecule has 1 fully saturated rings. The maximum atomic E-state index is 11.7. The number of fused-ring (bicyclic) bond motifs is 6. The second kappa shape index (κ2) is 15.4. The van der Waals surface area contributed by atoms with Gasteiger partial charge in [-0.3, -0.25) is 0 Å². The first-order chi connectivity index (χ1) is 25.9. The summed E-state index contributed by atoms with van der Waals surface area (Å²) in [6.07, 6.45) is 10.0. The molecule has 1 aromatic heterocycles. The number of hydrogen-bond donors (Lipinski definition) is 0. The van der Waals surface area contributed by atoms with Gasteiger partial charge in [0.1, 0.15) is 14.8 Å². The van der Waals surface area contributed by atoms with E-state index in [2.05, 4.69) is 144 Å². The fourth-order valence-corrected chi connectivity index (χ4v) is 9.97. The normalized spacial score (nSPS) is 16.4. The van der Waals surface area contributed by atoms with Crippen molar-refractivity contribution in [1.29, 1.82) is 0 Å². The van der Waals surface area contributed by atoms with Gasteiger partial charge in [-0.05, 0) is 94.1 Å². The molecule has 0 amide bonds. The van der Waals surface area contributed by atoms with E-state index in [9.17, 15) is 13.0 Å². The van der Waals surface area contributed by atoms with E-state index >= 15 is 0 Å². The average Bonchev–Trinajstić information content (AvgIpc) is 3.89. The van der Waals surface area contributed by atoms with Crippen LogP contribution in [-0.2, 0) is 16.7 Å². The minimum atomic E-state index is -4.37. The maximum Gasteiger partial charge on any atom is 1.00 e. The summed E-state index contributed by atoms with van der Waals surface area (Å²) in [4.78, 5) is 2.55. The molecule has 5 nitrogen and oxygen atoms in total. The van der Waals surface area contributed by atoms with Crippen LogP contribution in [0.15, 0.2) is 140 Å². The van der Waals surface area contributed by atoms with Crippen LogP contribution in [-0.4, -0.2) is 24.8 Å². The van der Waals surface area contributed by atoms with Crippen molar-refractivity contribution < 1.29 is 47.1 Å². The topological polar surface area (TPSA) is 64.3 Å². The van der Waals surface area contributed by atoms with Gasteiger partial charge in [0.25, 0.3) is 5.01 Å². The monoisotopic (exact) mass is 753 g/mol. The Bertz CT molecular complexity index is 2600. The quantitative estimate of drug-likeness (QED) is 0.0666. The van der Waals surface area contributed by atoms with Gasteiger partial charge in [-0.2, -0.15) is 4.57 Å². The number of rotatable bonds is 9. The Hall–Kier alpha value is -4.34. The zero-order valence-corrected chi connectivity index (χ0v) is 33.8. The third-order valence-electron chi connectivity index (χ3n) is 10.8. The smallest absolute Gasteiger partial charge is 0.748 e. The summed E-state index contributed by atoms with van der Waals surface area (Å²) in [6, 6.07) is 49.7. The zero-order valence-electron chi connectivity index (χ0n) is 30.1. The van der Waals surface area contributed by atoms with Crippen LogP contribution in [0.5, 0.6) is 0 Å². The van der Waals surface area contributed by atoms with Crippen molar-refractivity contribution >= 4 is 77.6 Å². The van der Waals surface area contributed by atoms with Gasteiger partial charge in [0.15, 0.2) is 6.54 Å². The summed E-state index contributed by atoms with van der Waals surface area (Å²) in [7, 11) is -4.37. The SMILES string of the molecule is O=S(=O)([O-])CC[n+]1c(/C=C/c2ccc3c(c2)C2CCCC2N3c2ccc(C=C(c3ccccc3)c3ccccc3)cc2)sc2c3ccccc3ccc21.[Na+]. The van der Waals surface area contributed by atoms with Gasteiger partial charge < -0.3 is 9.45 Å². The minimum Gasteiger partial charge on any atom is -0.748 e. The third kappa shape index (κ3) is 7.25. The van der Waals surface area contributed by atoms with Crippen LogP contribution < -0.4 is 39.0 Å². The molecule has 7 aromatic rings. The number of anilines is 2. The van der Waals surface area contributed by atoms with Crippen molar-refractivity contribution in [2.75, 3.05) is 10.7 Å². The first-order valence-corrected chi connectivity index (χ1v) is 20.6. The number of aromatic nitrogens is 1. The van der Waals surface area contributed by atoms with E-state index in [0.717, 1.165) is 38.0 Å². The largest absolute Gasteiger partial charge is 1.00 e. The van der Waals surface area contributed by atoms with Crippen LogP contribution in [0.3, 0.4) is 0 Å². The van der Waals surface area contributed by atoms with E-state index in [1.807, 2.05) is 22.8 Å². The van der Waals surface area contributed by atoms with Crippen LogP contribution >= 0.6 is 11.3 Å². The molecular weight excluding hydrogens is 716 g/mol. The number of nitrogens with zero attached hydrogens (tertiary/aromatic N) is 2. The number of benzene rings is 6. The summed E-state index contributed by atoms with van der Waals surface area (Å²) < 4.78 is 38.1. The molecule has 1 aliphatic heterocycles. The Morgan fingerprint density at radius 1 is 0.778 bits per heavy atom. The molecule has 262 valence electrons.